The van der Waals surface area contributed by atoms with E-state index < -0.39 is 18.1 Å². The SMILES string of the molecule is CCCCC(N)C(=O)NC(CCSC)C(=O)O. The zero-order chi connectivity index (χ0) is 13.3. The van der Waals surface area contributed by atoms with E-state index in [0.717, 1.165) is 12.8 Å². The first-order valence-corrected chi connectivity index (χ1v) is 7.20. The molecule has 4 N–H and O–H groups in total. The summed E-state index contributed by atoms with van der Waals surface area (Å²) in [6, 6.07) is -1.44. The van der Waals surface area contributed by atoms with Crippen LogP contribution in [0.5, 0.6) is 0 Å². The second-order valence-corrected chi connectivity index (χ2v) is 4.92. The van der Waals surface area contributed by atoms with Gasteiger partial charge in [-0.1, -0.05) is 19.8 Å². The molecule has 100 valence electrons. The third kappa shape index (κ3) is 7.23. The number of unbranched alkanes of at least 4 members (excludes halogenated alkanes) is 1. The van der Waals surface area contributed by atoms with E-state index in [1.165, 1.54) is 0 Å². The number of carbonyl (C=O) groups excluding carboxylic acids is 1. The van der Waals surface area contributed by atoms with Crippen molar-refractivity contribution in [1.29, 1.82) is 0 Å². The lowest BCUT2D eigenvalue weighted by atomic mass is 10.1. The summed E-state index contributed by atoms with van der Waals surface area (Å²) < 4.78 is 0. The molecule has 0 aliphatic heterocycles. The predicted molar refractivity (Wildman–Crippen MR) is 70.1 cm³/mol. The number of aliphatic carboxylic acids is 1. The van der Waals surface area contributed by atoms with Gasteiger partial charge in [-0.15, -0.1) is 0 Å². The van der Waals surface area contributed by atoms with Gasteiger partial charge in [-0.2, -0.15) is 11.8 Å². The highest BCUT2D eigenvalue weighted by molar-refractivity contribution is 7.98. The van der Waals surface area contributed by atoms with Crippen LogP contribution in [0.4, 0.5) is 0 Å². The molecule has 0 heterocycles. The zero-order valence-corrected chi connectivity index (χ0v) is 11.3. The lowest BCUT2D eigenvalue weighted by Crippen LogP contribution is -2.48. The lowest BCUT2D eigenvalue weighted by molar-refractivity contribution is -0.142. The first-order valence-electron chi connectivity index (χ1n) is 5.80. The molecule has 5 nitrogen and oxygen atoms in total. The van der Waals surface area contributed by atoms with Crippen LogP contribution in [0.3, 0.4) is 0 Å². The number of nitrogens with one attached hydrogen (secondary N) is 1. The predicted octanol–water partition coefficient (Wildman–Crippen LogP) is 0.826. The fourth-order valence-corrected chi connectivity index (χ4v) is 1.80. The van der Waals surface area contributed by atoms with Gasteiger partial charge in [0.25, 0.3) is 0 Å². The number of carboxylic acids is 1. The molecule has 2 atom stereocenters. The van der Waals surface area contributed by atoms with E-state index in [9.17, 15) is 9.59 Å². The minimum atomic E-state index is -1.00. The summed E-state index contributed by atoms with van der Waals surface area (Å²) in [5.74, 6) is -0.677. The van der Waals surface area contributed by atoms with Crippen LogP contribution in [0.1, 0.15) is 32.6 Å². The quantitative estimate of drug-likeness (QED) is 0.572. The van der Waals surface area contributed by atoms with Crippen LogP contribution >= 0.6 is 11.8 Å². The summed E-state index contributed by atoms with van der Waals surface area (Å²) in [5, 5.41) is 11.4. The van der Waals surface area contributed by atoms with E-state index in [4.69, 9.17) is 10.8 Å². The van der Waals surface area contributed by atoms with Crippen molar-refractivity contribution in [2.24, 2.45) is 5.73 Å². The van der Waals surface area contributed by atoms with Crippen molar-refractivity contribution in [1.82, 2.24) is 5.32 Å². The summed E-state index contributed by atoms with van der Waals surface area (Å²) >= 11 is 1.55. The second-order valence-electron chi connectivity index (χ2n) is 3.93. The summed E-state index contributed by atoms with van der Waals surface area (Å²) in [6.07, 6.45) is 4.75. The highest BCUT2D eigenvalue weighted by atomic mass is 32.2. The minimum Gasteiger partial charge on any atom is -0.480 e. The largest absolute Gasteiger partial charge is 0.480 e. The number of rotatable bonds is 9. The summed E-state index contributed by atoms with van der Waals surface area (Å²) in [5.41, 5.74) is 5.67. The standard InChI is InChI=1S/C11H22N2O3S/c1-3-4-5-8(12)10(14)13-9(11(15)16)6-7-17-2/h8-9H,3-7,12H2,1-2H3,(H,13,14)(H,15,16). The fraction of sp³-hybridized carbons (Fsp3) is 0.818. The third-order valence-electron chi connectivity index (χ3n) is 2.43. The van der Waals surface area contributed by atoms with Crippen LogP contribution in [0, 0.1) is 0 Å². The molecule has 0 spiro atoms. The number of amides is 1. The maximum absolute atomic E-state index is 11.6. The Labute approximate surface area is 107 Å². The molecule has 0 fully saturated rings. The molecule has 0 aromatic heterocycles. The van der Waals surface area contributed by atoms with Gasteiger partial charge in [0.2, 0.25) is 5.91 Å². The Balaban J connectivity index is 4.15. The zero-order valence-electron chi connectivity index (χ0n) is 10.4. The van der Waals surface area contributed by atoms with Crippen molar-refractivity contribution in [2.45, 2.75) is 44.7 Å². The number of hydrogen-bond acceptors (Lipinski definition) is 4. The van der Waals surface area contributed by atoms with Gasteiger partial charge in [0.05, 0.1) is 6.04 Å². The van der Waals surface area contributed by atoms with Crippen LogP contribution in [0.2, 0.25) is 0 Å². The van der Waals surface area contributed by atoms with Crippen LogP contribution in [0.25, 0.3) is 0 Å². The molecular weight excluding hydrogens is 240 g/mol. The minimum absolute atomic E-state index is 0.369. The molecular formula is C11H22N2O3S. The molecule has 0 radical (unpaired) electrons. The van der Waals surface area contributed by atoms with E-state index in [-0.39, 0.29) is 5.91 Å². The highest BCUT2D eigenvalue weighted by Gasteiger charge is 2.22. The summed E-state index contributed by atoms with van der Waals surface area (Å²) in [6.45, 7) is 2.02. The summed E-state index contributed by atoms with van der Waals surface area (Å²) in [7, 11) is 0. The van der Waals surface area contributed by atoms with E-state index in [2.05, 4.69) is 5.32 Å². The van der Waals surface area contributed by atoms with Crippen molar-refractivity contribution in [3.8, 4) is 0 Å². The van der Waals surface area contributed by atoms with E-state index in [0.29, 0.717) is 18.6 Å². The fourth-order valence-electron chi connectivity index (χ4n) is 1.33. The third-order valence-corrected chi connectivity index (χ3v) is 3.07. The van der Waals surface area contributed by atoms with Crippen LogP contribution in [0.15, 0.2) is 0 Å². The van der Waals surface area contributed by atoms with Crippen LogP contribution in [-0.2, 0) is 9.59 Å². The number of hydrogen-bond donors (Lipinski definition) is 3. The van der Waals surface area contributed by atoms with Gasteiger partial charge in [-0.3, -0.25) is 4.79 Å². The van der Waals surface area contributed by atoms with Gasteiger partial charge in [-0.25, -0.2) is 4.79 Å². The Morgan fingerprint density at radius 1 is 1.41 bits per heavy atom. The number of carboxylic acid groups (broad SMARTS) is 1. The molecule has 17 heavy (non-hydrogen) atoms. The molecule has 0 aliphatic rings. The summed E-state index contributed by atoms with van der Waals surface area (Å²) in [4.78, 5) is 22.5. The number of nitrogens with two attached hydrogens (primary N) is 1. The van der Waals surface area contributed by atoms with Gasteiger partial charge in [0.15, 0.2) is 0 Å². The molecule has 6 heteroatoms. The molecule has 0 saturated carbocycles. The Hall–Kier alpha value is -0.750. The topological polar surface area (TPSA) is 92.4 Å². The van der Waals surface area contributed by atoms with Crippen molar-refractivity contribution in [2.75, 3.05) is 12.0 Å². The molecule has 0 aromatic carbocycles. The molecule has 0 rings (SSSR count). The molecule has 1 amide bonds. The number of carbonyl (C=O) groups is 2. The van der Waals surface area contributed by atoms with E-state index >= 15 is 0 Å². The Morgan fingerprint density at radius 2 is 2.06 bits per heavy atom. The van der Waals surface area contributed by atoms with Crippen LogP contribution in [-0.4, -0.2) is 41.1 Å². The van der Waals surface area contributed by atoms with E-state index in [1.807, 2.05) is 13.2 Å². The van der Waals surface area contributed by atoms with E-state index in [1.54, 1.807) is 11.8 Å². The molecule has 0 bridgehead atoms. The van der Waals surface area contributed by atoms with Gasteiger partial charge < -0.3 is 16.2 Å². The van der Waals surface area contributed by atoms with Crippen LogP contribution < -0.4 is 11.1 Å². The Morgan fingerprint density at radius 3 is 2.53 bits per heavy atom. The molecule has 0 aliphatic carbocycles. The maximum Gasteiger partial charge on any atom is 0.326 e. The van der Waals surface area contributed by atoms with Crippen molar-refractivity contribution in [3.63, 3.8) is 0 Å². The Kier molecular flexibility index (Phi) is 8.89. The average Bonchev–Trinajstić information content (AvgIpc) is 2.30. The van der Waals surface area contributed by atoms with Gasteiger partial charge in [0, 0.05) is 0 Å². The highest BCUT2D eigenvalue weighted by Crippen LogP contribution is 2.03. The smallest absolute Gasteiger partial charge is 0.326 e. The first kappa shape index (κ1) is 16.2. The maximum atomic E-state index is 11.6. The van der Waals surface area contributed by atoms with Gasteiger partial charge >= 0.3 is 5.97 Å². The van der Waals surface area contributed by atoms with Crippen molar-refractivity contribution >= 4 is 23.6 Å². The average molecular weight is 262 g/mol. The van der Waals surface area contributed by atoms with Crippen molar-refractivity contribution in [3.05, 3.63) is 0 Å². The van der Waals surface area contributed by atoms with Gasteiger partial charge in [0.1, 0.15) is 6.04 Å². The second kappa shape index (κ2) is 9.30. The molecule has 2 unspecified atom stereocenters. The Bertz CT molecular complexity index is 249. The first-order chi connectivity index (χ1) is 8.02. The van der Waals surface area contributed by atoms with Crippen molar-refractivity contribution < 1.29 is 14.7 Å². The number of thioether (sulfide) groups is 1. The van der Waals surface area contributed by atoms with Gasteiger partial charge in [-0.05, 0) is 24.9 Å². The monoisotopic (exact) mass is 262 g/mol. The molecule has 0 saturated heterocycles. The molecule has 0 aromatic rings. The normalized spacial score (nSPS) is 14.1. The lowest BCUT2D eigenvalue weighted by Gasteiger charge is -2.17.